The second-order valence-corrected chi connectivity index (χ2v) is 3.81. The fourth-order valence-electron chi connectivity index (χ4n) is 1.72. The number of halogens is 1. The number of aliphatic carboxylic acids is 1. The quantitative estimate of drug-likeness (QED) is 0.640. The van der Waals surface area contributed by atoms with Crippen LogP contribution < -0.4 is 5.73 Å². The van der Waals surface area contributed by atoms with Gasteiger partial charge in [-0.05, 0) is 11.6 Å². The van der Waals surface area contributed by atoms with Gasteiger partial charge in [0.25, 0.3) is 0 Å². The van der Waals surface area contributed by atoms with Crippen LogP contribution in [-0.4, -0.2) is 27.2 Å². The third kappa shape index (κ3) is 2.07. The van der Waals surface area contributed by atoms with Crippen molar-refractivity contribution < 1.29 is 19.4 Å². The van der Waals surface area contributed by atoms with Crippen LogP contribution in [0.25, 0.3) is 10.9 Å². The Morgan fingerprint density at radius 1 is 1.53 bits per heavy atom. The second kappa shape index (κ2) is 4.06. The predicted molar refractivity (Wildman–Crippen MR) is 59.2 cm³/mol. The lowest BCUT2D eigenvalue weighted by atomic mass is 10.1. The molecule has 2 rings (SSSR count). The number of phenols is 1. The van der Waals surface area contributed by atoms with E-state index in [1.807, 2.05) is 0 Å². The van der Waals surface area contributed by atoms with Crippen LogP contribution in [0, 0.1) is 5.82 Å². The smallest absolute Gasteiger partial charge is 0.320 e. The number of benzene rings is 1. The number of hydrogen-bond acceptors (Lipinski definition) is 3. The molecule has 1 atom stereocenters. The van der Waals surface area contributed by atoms with Gasteiger partial charge in [0, 0.05) is 24.1 Å². The molecule has 0 aliphatic heterocycles. The number of phenolic OH excluding ortho intramolecular Hbond substituents is 1. The van der Waals surface area contributed by atoms with E-state index in [2.05, 4.69) is 4.98 Å². The zero-order valence-electron chi connectivity index (χ0n) is 8.77. The third-order valence-corrected chi connectivity index (χ3v) is 2.57. The zero-order valence-corrected chi connectivity index (χ0v) is 8.77. The number of aromatic nitrogens is 1. The first kappa shape index (κ1) is 11.4. The molecule has 17 heavy (non-hydrogen) atoms. The number of carboxylic acid groups (broad SMARTS) is 1. The molecular formula is C11H11FN2O3. The molecule has 0 aliphatic rings. The summed E-state index contributed by atoms with van der Waals surface area (Å²) < 4.78 is 13.4. The Morgan fingerprint density at radius 2 is 2.24 bits per heavy atom. The van der Waals surface area contributed by atoms with Crippen molar-refractivity contribution in [3.05, 3.63) is 29.7 Å². The maximum Gasteiger partial charge on any atom is 0.320 e. The van der Waals surface area contributed by atoms with Gasteiger partial charge in [0.15, 0.2) is 5.82 Å². The Morgan fingerprint density at radius 3 is 2.88 bits per heavy atom. The molecule has 1 aromatic heterocycles. The van der Waals surface area contributed by atoms with Crippen molar-refractivity contribution in [2.24, 2.45) is 5.73 Å². The minimum atomic E-state index is -1.13. The third-order valence-electron chi connectivity index (χ3n) is 2.57. The van der Waals surface area contributed by atoms with Crippen LogP contribution in [0.3, 0.4) is 0 Å². The predicted octanol–water partition coefficient (Wildman–Crippen LogP) is 0.967. The lowest BCUT2D eigenvalue weighted by Gasteiger charge is -2.05. The van der Waals surface area contributed by atoms with Crippen molar-refractivity contribution >= 4 is 16.9 Å². The minimum Gasteiger partial charge on any atom is -0.508 e. The lowest BCUT2D eigenvalue weighted by Crippen LogP contribution is -2.32. The largest absolute Gasteiger partial charge is 0.508 e. The average molecular weight is 238 g/mol. The van der Waals surface area contributed by atoms with Gasteiger partial charge >= 0.3 is 5.97 Å². The highest BCUT2D eigenvalue weighted by Gasteiger charge is 2.16. The van der Waals surface area contributed by atoms with Gasteiger partial charge in [0.05, 0.1) is 5.52 Å². The molecule has 0 amide bonds. The molecule has 0 aliphatic carbocycles. The molecule has 0 saturated carbocycles. The summed E-state index contributed by atoms with van der Waals surface area (Å²) in [5, 5.41) is 18.4. The molecule has 5 nitrogen and oxygen atoms in total. The van der Waals surface area contributed by atoms with Gasteiger partial charge in [-0.1, -0.05) is 0 Å². The van der Waals surface area contributed by atoms with Gasteiger partial charge in [0.1, 0.15) is 11.8 Å². The summed E-state index contributed by atoms with van der Waals surface area (Å²) in [7, 11) is 0. The summed E-state index contributed by atoms with van der Waals surface area (Å²) >= 11 is 0. The highest BCUT2D eigenvalue weighted by Crippen LogP contribution is 2.26. The Balaban J connectivity index is 2.45. The molecule has 0 bridgehead atoms. The van der Waals surface area contributed by atoms with Crippen LogP contribution in [0.1, 0.15) is 5.56 Å². The summed E-state index contributed by atoms with van der Waals surface area (Å²) in [4.78, 5) is 13.3. The van der Waals surface area contributed by atoms with E-state index in [4.69, 9.17) is 10.8 Å². The number of H-pyrrole nitrogens is 1. The summed E-state index contributed by atoms with van der Waals surface area (Å²) in [5.41, 5.74) is 6.20. The highest BCUT2D eigenvalue weighted by molar-refractivity contribution is 5.86. The molecule has 0 fully saturated rings. The fourth-order valence-corrected chi connectivity index (χ4v) is 1.72. The van der Waals surface area contributed by atoms with Crippen LogP contribution in [-0.2, 0) is 11.2 Å². The Kier molecular flexibility index (Phi) is 2.72. The molecule has 0 unspecified atom stereocenters. The van der Waals surface area contributed by atoms with Gasteiger partial charge in [-0.15, -0.1) is 0 Å². The molecule has 0 radical (unpaired) electrons. The van der Waals surface area contributed by atoms with E-state index in [0.717, 1.165) is 6.07 Å². The fraction of sp³-hybridized carbons (Fsp3) is 0.182. The number of hydrogen-bond donors (Lipinski definition) is 4. The Labute approximate surface area is 95.7 Å². The zero-order chi connectivity index (χ0) is 12.6. The summed E-state index contributed by atoms with van der Waals surface area (Å²) in [6.45, 7) is 0. The summed E-state index contributed by atoms with van der Waals surface area (Å²) in [6.07, 6.45) is 1.56. The van der Waals surface area contributed by atoms with Crippen LogP contribution >= 0.6 is 0 Å². The number of rotatable bonds is 3. The van der Waals surface area contributed by atoms with Crippen molar-refractivity contribution in [2.45, 2.75) is 12.5 Å². The number of nitrogens with one attached hydrogen (secondary N) is 1. The first-order valence-corrected chi connectivity index (χ1v) is 4.96. The number of fused-ring (bicyclic) bond motifs is 1. The Hall–Kier alpha value is -2.08. The maximum atomic E-state index is 13.4. The lowest BCUT2D eigenvalue weighted by molar-refractivity contribution is -0.138. The van der Waals surface area contributed by atoms with E-state index in [1.165, 1.54) is 12.3 Å². The molecule has 90 valence electrons. The summed E-state index contributed by atoms with van der Waals surface area (Å²) in [6, 6.07) is 1.30. The van der Waals surface area contributed by atoms with Gasteiger partial charge in [-0.2, -0.15) is 0 Å². The first-order valence-electron chi connectivity index (χ1n) is 4.96. The molecule has 5 N–H and O–H groups in total. The Bertz CT molecular complexity index is 579. The van der Waals surface area contributed by atoms with Crippen molar-refractivity contribution in [1.29, 1.82) is 0 Å². The number of nitrogens with two attached hydrogens (primary N) is 1. The van der Waals surface area contributed by atoms with E-state index >= 15 is 0 Å². The molecule has 0 saturated heterocycles. The van der Waals surface area contributed by atoms with Crippen LogP contribution in [0.2, 0.25) is 0 Å². The van der Waals surface area contributed by atoms with Gasteiger partial charge in [0.2, 0.25) is 0 Å². The standard InChI is InChI=1S/C11H11FN2O3/c12-8-3-6(15)2-7-5(4-14-10(7)8)1-9(13)11(16)17/h2-4,9,14-15H,1,13H2,(H,16,17)/t9-/m0/s1. The second-order valence-electron chi connectivity index (χ2n) is 3.81. The monoisotopic (exact) mass is 238 g/mol. The SMILES string of the molecule is N[C@@H](Cc1c[nH]c2c(F)cc(O)cc12)C(=O)O. The molecule has 0 spiro atoms. The number of carboxylic acids is 1. The average Bonchev–Trinajstić information content (AvgIpc) is 2.61. The first-order chi connectivity index (χ1) is 7.99. The van der Waals surface area contributed by atoms with E-state index < -0.39 is 17.8 Å². The molecule has 1 heterocycles. The van der Waals surface area contributed by atoms with E-state index in [-0.39, 0.29) is 17.7 Å². The van der Waals surface area contributed by atoms with Gasteiger partial charge in [-0.25, -0.2) is 4.39 Å². The molecule has 6 heteroatoms. The summed E-state index contributed by atoms with van der Waals surface area (Å²) in [5.74, 6) is -1.92. The highest BCUT2D eigenvalue weighted by atomic mass is 19.1. The number of aromatic amines is 1. The number of aromatic hydroxyl groups is 1. The van der Waals surface area contributed by atoms with E-state index in [1.54, 1.807) is 0 Å². The van der Waals surface area contributed by atoms with Gasteiger partial charge < -0.3 is 20.9 Å². The van der Waals surface area contributed by atoms with Crippen LogP contribution in [0.5, 0.6) is 5.75 Å². The molecular weight excluding hydrogens is 227 g/mol. The normalized spacial score (nSPS) is 12.8. The molecule has 2 aromatic rings. The van der Waals surface area contributed by atoms with Crippen molar-refractivity contribution in [2.75, 3.05) is 0 Å². The van der Waals surface area contributed by atoms with Crippen molar-refractivity contribution in [3.8, 4) is 5.75 Å². The van der Waals surface area contributed by atoms with Crippen LogP contribution in [0.4, 0.5) is 4.39 Å². The van der Waals surface area contributed by atoms with E-state index in [0.29, 0.717) is 10.9 Å². The topological polar surface area (TPSA) is 99.3 Å². The maximum absolute atomic E-state index is 13.4. The minimum absolute atomic E-state index is 0.0677. The number of carbonyl (C=O) groups is 1. The van der Waals surface area contributed by atoms with E-state index in [9.17, 15) is 14.3 Å². The van der Waals surface area contributed by atoms with Crippen molar-refractivity contribution in [3.63, 3.8) is 0 Å². The van der Waals surface area contributed by atoms with Gasteiger partial charge in [-0.3, -0.25) is 4.79 Å². The van der Waals surface area contributed by atoms with Crippen molar-refractivity contribution in [1.82, 2.24) is 4.98 Å². The van der Waals surface area contributed by atoms with Crippen LogP contribution in [0.15, 0.2) is 18.3 Å². The molecule has 1 aromatic carbocycles.